The first-order chi connectivity index (χ1) is 8.04. The lowest BCUT2D eigenvalue weighted by molar-refractivity contribution is 0.0145. The maximum absolute atomic E-state index is 11.9. The molecule has 2 nitrogen and oxygen atoms in total. The lowest BCUT2D eigenvalue weighted by atomic mass is 10.1. The van der Waals surface area contributed by atoms with Gasteiger partial charge < -0.3 is 10.1 Å². The molecule has 1 atom stereocenters. The standard InChI is InChI=1S/C12H19F2NOS/c1-8-6-10(9(2)17-8)11(15-3)4-5-16-7-12(13)14/h6,11-12,15H,4-5,7H2,1-3H3. The normalized spacial score (nSPS) is 13.3. The Balaban J connectivity index is 2.46. The van der Waals surface area contributed by atoms with Crippen molar-refractivity contribution < 1.29 is 13.5 Å². The van der Waals surface area contributed by atoms with E-state index in [2.05, 4.69) is 25.2 Å². The van der Waals surface area contributed by atoms with Crippen LogP contribution in [0, 0.1) is 13.8 Å². The molecule has 0 spiro atoms. The van der Waals surface area contributed by atoms with Gasteiger partial charge in [-0.3, -0.25) is 0 Å². The smallest absolute Gasteiger partial charge is 0.261 e. The molecule has 0 radical (unpaired) electrons. The second-order valence-corrected chi connectivity index (χ2v) is 5.42. The molecule has 1 unspecified atom stereocenters. The van der Waals surface area contributed by atoms with Gasteiger partial charge in [0.25, 0.3) is 6.43 Å². The van der Waals surface area contributed by atoms with Crippen molar-refractivity contribution in [2.24, 2.45) is 0 Å². The van der Waals surface area contributed by atoms with Gasteiger partial charge in [0.05, 0.1) is 0 Å². The van der Waals surface area contributed by atoms with Gasteiger partial charge in [0.15, 0.2) is 0 Å². The summed E-state index contributed by atoms with van der Waals surface area (Å²) < 4.78 is 28.7. The van der Waals surface area contributed by atoms with E-state index in [0.29, 0.717) is 13.0 Å². The molecule has 1 aromatic heterocycles. The summed E-state index contributed by atoms with van der Waals surface area (Å²) in [5, 5.41) is 3.20. The first-order valence-electron chi connectivity index (χ1n) is 5.64. The second-order valence-electron chi connectivity index (χ2n) is 3.96. The minimum absolute atomic E-state index is 0.178. The maximum atomic E-state index is 11.9. The van der Waals surface area contributed by atoms with Crippen LogP contribution in [-0.4, -0.2) is 26.7 Å². The number of thiophene rings is 1. The molecule has 1 rings (SSSR count). The fourth-order valence-electron chi connectivity index (χ4n) is 1.83. The van der Waals surface area contributed by atoms with Crippen molar-refractivity contribution >= 4 is 11.3 Å². The third-order valence-corrected chi connectivity index (χ3v) is 3.58. The van der Waals surface area contributed by atoms with E-state index in [-0.39, 0.29) is 6.04 Å². The molecule has 0 aromatic carbocycles. The van der Waals surface area contributed by atoms with E-state index in [9.17, 15) is 8.78 Å². The van der Waals surface area contributed by atoms with E-state index < -0.39 is 13.0 Å². The summed E-state index contributed by atoms with van der Waals surface area (Å²) >= 11 is 1.76. The Hall–Kier alpha value is -0.520. The summed E-state index contributed by atoms with van der Waals surface area (Å²) in [5.74, 6) is 0. The van der Waals surface area contributed by atoms with Gasteiger partial charge >= 0.3 is 0 Å². The van der Waals surface area contributed by atoms with E-state index in [1.54, 1.807) is 11.3 Å². The van der Waals surface area contributed by atoms with Crippen molar-refractivity contribution in [3.63, 3.8) is 0 Å². The lowest BCUT2D eigenvalue weighted by Crippen LogP contribution is -2.19. The zero-order valence-corrected chi connectivity index (χ0v) is 11.2. The van der Waals surface area contributed by atoms with Crippen molar-refractivity contribution in [3.8, 4) is 0 Å². The number of alkyl halides is 2. The van der Waals surface area contributed by atoms with Crippen molar-refractivity contribution in [3.05, 3.63) is 21.4 Å². The molecule has 1 aromatic rings. The summed E-state index contributed by atoms with van der Waals surface area (Å²) in [6.45, 7) is 4.03. The third kappa shape index (κ3) is 4.69. The molecule has 0 aliphatic carbocycles. The van der Waals surface area contributed by atoms with E-state index in [4.69, 9.17) is 4.74 Å². The SMILES string of the molecule is CNC(CCOCC(F)F)c1cc(C)sc1C. The highest BCUT2D eigenvalue weighted by atomic mass is 32.1. The Bertz CT molecular complexity index is 341. The van der Waals surface area contributed by atoms with Crippen LogP contribution in [0.4, 0.5) is 8.78 Å². The van der Waals surface area contributed by atoms with Crippen LogP contribution in [0.2, 0.25) is 0 Å². The first-order valence-corrected chi connectivity index (χ1v) is 6.46. The summed E-state index contributed by atoms with van der Waals surface area (Å²) in [5.41, 5.74) is 1.25. The summed E-state index contributed by atoms with van der Waals surface area (Å²) in [6, 6.07) is 2.33. The van der Waals surface area contributed by atoms with E-state index in [0.717, 1.165) is 0 Å². The van der Waals surface area contributed by atoms with Gasteiger partial charge in [-0.1, -0.05) is 0 Å². The van der Waals surface area contributed by atoms with Gasteiger partial charge in [-0.2, -0.15) is 0 Å². The van der Waals surface area contributed by atoms with Crippen LogP contribution in [0.25, 0.3) is 0 Å². The molecular formula is C12H19F2NOS. The second kappa shape index (κ2) is 7.03. The zero-order chi connectivity index (χ0) is 12.8. The minimum atomic E-state index is -2.38. The number of hydrogen-bond donors (Lipinski definition) is 1. The highest BCUT2D eigenvalue weighted by Crippen LogP contribution is 2.27. The Kier molecular flexibility index (Phi) is 6.02. The average molecular weight is 263 g/mol. The van der Waals surface area contributed by atoms with Crippen LogP contribution in [0.15, 0.2) is 6.07 Å². The van der Waals surface area contributed by atoms with Gasteiger partial charge in [0.2, 0.25) is 0 Å². The molecule has 0 saturated heterocycles. The number of nitrogens with one attached hydrogen (secondary N) is 1. The first kappa shape index (κ1) is 14.5. The molecule has 98 valence electrons. The molecular weight excluding hydrogens is 244 g/mol. The van der Waals surface area contributed by atoms with Gasteiger partial charge in [-0.05, 0) is 38.9 Å². The van der Waals surface area contributed by atoms with Gasteiger partial charge in [0, 0.05) is 22.4 Å². The monoisotopic (exact) mass is 263 g/mol. The number of hydrogen-bond acceptors (Lipinski definition) is 3. The average Bonchev–Trinajstić information content (AvgIpc) is 2.58. The summed E-state index contributed by atoms with van der Waals surface area (Å²) in [6.07, 6.45) is -1.67. The van der Waals surface area contributed by atoms with Crippen molar-refractivity contribution in [2.75, 3.05) is 20.3 Å². The van der Waals surface area contributed by atoms with Crippen LogP contribution in [0.3, 0.4) is 0 Å². The predicted octanol–water partition coefficient (Wildman–Crippen LogP) is 3.30. The number of halogens is 2. The molecule has 0 aliphatic heterocycles. The number of ether oxygens (including phenoxy) is 1. The molecule has 1 N–H and O–H groups in total. The highest BCUT2D eigenvalue weighted by molar-refractivity contribution is 7.12. The molecule has 0 bridgehead atoms. The van der Waals surface area contributed by atoms with Gasteiger partial charge in [-0.15, -0.1) is 11.3 Å². The Morgan fingerprint density at radius 1 is 1.41 bits per heavy atom. The van der Waals surface area contributed by atoms with Crippen LogP contribution in [0.1, 0.15) is 27.8 Å². The third-order valence-electron chi connectivity index (χ3n) is 2.60. The zero-order valence-electron chi connectivity index (χ0n) is 10.4. The lowest BCUT2D eigenvalue weighted by Gasteiger charge is -2.16. The highest BCUT2D eigenvalue weighted by Gasteiger charge is 2.14. The largest absolute Gasteiger partial charge is 0.375 e. The van der Waals surface area contributed by atoms with Crippen molar-refractivity contribution in [1.82, 2.24) is 5.32 Å². The molecule has 0 amide bonds. The predicted molar refractivity (Wildman–Crippen MR) is 67.0 cm³/mol. The van der Waals surface area contributed by atoms with Crippen molar-refractivity contribution in [2.45, 2.75) is 32.7 Å². The minimum Gasteiger partial charge on any atom is -0.375 e. The topological polar surface area (TPSA) is 21.3 Å². The van der Waals surface area contributed by atoms with Crippen LogP contribution in [-0.2, 0) is 4.74 Å². The number of aryl methyl sites for hydroxylation is 2. The molecule has 0 saturated carbocycles. The maximum Gasteiger partial charge on any atom is 0.261 e. The fourth-order valence-corrected chi connectivity index (χ4v) is 2.81. The Morgan fingerprint density at radius 2 is 2.12 bits per heavy atom. The summed E-state index contributed by atoms with van der Waals surface area (Å²) in [4.78, 5) is 2.54. The van der Waals surface area contributed by atoms with Crippen LogP contribution in [0.5, 0.6) is 0 Å². The van der Waals surface area contributed by atoms with Crippen molar-refractivity contribution in [1.29, 1.82) is 0 Å². The van der Waals surface area contributed by atoms with Gasteiger partial charge in [-0.25, -0.2) is 8.78 Å². The van der Waals surface area contributed by atoms with Crippen LogP contribution < -0.4 is 5.32 Å². The Morgan fingerprint density at radius 3 is 2.59 bits per heavy atom. The van der Waals surface area contributed by atoms with Gasteiger partial charge in [0.1, 0.15) is 6.61 Å². The fraction of sp³-hybridized carbons (Fsp3) is 0.667. The van der Waals surface area contributed by atoms with E-state index >= 15 is 0 Å². The number of rotatable bonds is 7. The Labute approximate surface area is 105 Å². The van der Waals surface area contributed by atoms with E-state index in [1.807, 2.05) is 7.05 Å². The molecule has 17 heavy (non-hydrogen) atoms. The molecule has 5 heteroatoms. The summed E-state index contributed by atoms with van der Waals surface area (Å²) in [7, 11) is 1.88. The molecule has 1 heterocycles. The molecule has 0 fully saturated rings. The van der Waals surface area contributed by atoms with Crippen LogP contribution >= 0.6 is 11.3 Å². The quantitative estimate of drug-likeness (QED) is 0.762. The van der Waals surface area contributed by atoms with E-state index in [1.165, 1.54) is 15.3 Å². The molecule has 0 aliphatic rings.